The van der Waals surface area contributed by atoms with Crippen LogP contribution in [0.2, 0.25) is 0 Å². The predicted octanol–water partition coefficient (Wildman–Crippen LogP) is 4.43. The first-order valence-corrected chi connectivity index (χ1v) is 8.88. The summed E-state index contributed by atoms with van der Waals surface area (Å²) in [7, 11) is 0. The SMILES string of the molecule is Cc1ncc(NC(=O)CC(C)C)n1-c1nc(-c2ccc(F)cc2)cs1. The van der Waals surface area contributed by atoms with E-state index < -0.39 is 0 Å². The molecule has 0 fully saturated rings. The fourth-order valence-electron chi connectivity index (χ4n) is 2.46. The molecule has 3 rings (SSSR count). The number of nitrogens with zero attached hydrogens (tertiary/aromatic N) is 3. The van der Waals surface area contributed by atoms with Crippen LogP contribution in [-0.2, 0) is 4.79 Å². The minimum absolute atomic E-state index is 0.0496. The van der Waals surface area contributed by atoms with Crippen LogP contribution in [0.1, 0.15) is 26.1 Å². The van der Waals surface area contributed by atoms with Crippen LogP contribution in [0.5, 0.6) is 0 Å². The number of rotatable bonds is 5. The molecule has 1 amide bonds. The summed E-state index contributed by atoms with van der Waals surface area (Å²) < 4.78 is 14.9. The van der Waals surface area contributed by atoms with Crippen molar-refractivity contribution in [2.45, 2.75) is 27.2 Å². The van der Waals surface area contributed by atoms with Crippen molar-refractivity contribution in [2.75, 3.05) is 5.32 Å². The van der Waals surface area contributed by atoms with Crippen molar-refractivity contribution in [3.05, 3.63) is 47.5 Å². The van der Waals surface area contributed by atoms with Gasteiger partial charge < -0.3 is 5.32 Å². The molecule has 0 saturated heterocycles. The van der Waals surface area contributed by atoms with Gasteiger partial charge in [0.25, 0.3) is 0 Å². The molecule has 25 heavy (non-hydrogen) atoms. The van der Waals surface area contributed by atoms with Crippen molar-refractivity contribution in [3.63, 3.8) is 0 Å². The Labute approximate surface area is 149 Å². The number of benzene rings is 1. The Balaban J connectivity index is 1.88. The van der Waals surface area contributed by atoms with E-state index in [0.717, 1.165) is 17.1 Å². The van der Waals surface area contributed by atoms with E-state index in [9.17, 15) is 9.18 Å². The standard InChI is InChI=1S/C18H19FN4OS/c1-11(2)8-17(24)22-16-9-20-12(3)23(16)18-21-15(10-25-18)13-4-6-14(19)7-5-13/h4-7,9-11H,8H2,1-3H3,(H,22,24). The van der Waals surface area contributed by atoms with Gasteiger partial charge in [-0.15, -0.1) is 11.3 Å². The van der Waals surface area contributed by atoms with Gasteiger partial charge in [-0.2, -0.15) is 0 Å². The van der Waals surface area contributed by atoms with Gasteiger partial charge in [0.1, 0.15) is 17.5 Å². The van der Waals surface area contributed by atoms with E-state index in [1.54, 1.807) is 18.3 Å². The fourth-order valence-corrected chi connectivity index (χ4v) is 3.35. The number of amides is 1. The number of aromatic nitrogens is 3. The number of thiazole rings is 1. The highest BCUT2D eigenvalue weighted by Crippen LogP contribution is 2.27. The van der Waals surface area contributed by atoms with Crippen molar-refractivity contribution in [2.24, 2.45) is 5.92 Å². The number of nitrogens with one attached hydrogen (secondary N) is 1. The van der Waals surface area contributed by atoms with Crippen molar-refractivity contribution >= 4 is 23.1 Å². The highest BCUT2D eigenvalue weighted by molar-refractivity contribution is 7.12. The number of hydrogen-bond acceptors (Lipinski definition) is 4. The minimum atomic E-state index is -0.278. The van der Waals surface area contributed by atoms with Crippen LogP contribution in [0.15, 0.2) is 35.8 Å². The third-order valence-electron chi connectivity index (χ3n) is 3.62. The second-order valence-electron chi connectivity index (χ2n) is 6.19. The highest BCUT2D eigenvalue weighted by Gasteiger charge is 2.15. The average molecular weight is 358 g/mol. The molecule has 0 aliphatic rings. The van der Waals surface area contributed by atoms with Crippen LogP contribution in [-0.4, -0.2) is 20.4 Å². The summed E-state index contributed by atoms with van der Waals surface area (Å²) in [5.41, 5.74) is 1.60. The number of aryl methyl sites for hydroxylation is 1. The summed E-state index contributed by atoms with van der Waals surface area (Å²) in [6.07, 6.45) is 2.08. The van der Waals surface area contributed by atoms with Gasteiger partial charge >= 0.3 is 0 Å². The number of halogens is 1. The normalized spacial score (nSPS) is 11.1. The summed E-state index contributed by atoms with van der Waals surface area (Å²) >= 11 is 1.44. The molecule has 1 N–H and O–H groups in total. The lowest BCUT2D eigenvalue weighted by Crippen LogP contribution is -2.16. The molecular weight excluding hydrogens is 339 g/mol. The van der Waals surface area contributed by atoms with Gasteiger partial charge in [0.2, 0.25) is 5.91 Å². The first-order chi connectivity index (χ1) is 11.9. The second-order valence-corrected chi connectivity index (χ2v) is 7.03. The molecule has 0 aliphatic carbocycles. The molecular formula is C18H19FN4OS. The van der Waals surface area contributed by atoms with Crippen molar-refractivity contribution in [1.29, 1.82) is 0 Å². The first kappa shape index (κ1) is 17.3. The van der Waals surface area contributed by atoms with Crippen LogP contribution in [0.25, 0.3) is 16.4 Å². The van der Waals surface area contributed by atoms with Crippen LogP contribution in [0, 0.1) is 18.7 Å². The number of carbonyl (C=O) groups excluding carboxylic acids is 1. The molecule has 3 aromatic rings. The van der Waals surface area contributed by atoms with Crippen LogP contribution >= 0.6 is 11.3 Å². The van der Waals surface area contributed by atoms with E-state index in [-0.39, 0.29) is 17.6 Å². The third-order valence-corrected chi connectivity index (χ3v) is 4.45. The zero-order valence-electron chi connectivity index (χ0n) is 14.3. The second kappa shape index (κ2) is 7.14. The maximum atomic E-state index is 13.1. The molecule has 0 saturated carbocycles. The zero-order chi connectivity index (χ0) is 18.0. The van der Waals surface area contributed by atoms with Gasteiger partial charge in [-0.1, -0.05) is 13.8 Å². The Bertz CT molecular complexity index is 883. The van der Waals surface area contributed by atoms with Crippen molar-refractivity contribution in [1.82, 2.24) is 14.5 Å². The lowest BCUT2D eigenvalue weighted by Gasteiger charge is -2.09. The molecule has 1 aromatic carbocycles. The summed E-state index contributed by atoms with van der Waals surface area (Å²) in [6, 6.07) is 6.21. The molecule has 2 heterocycles. The molecule has 0 unspecified atom stereocenters. The van der Waals surface area contributed by atoms with E-state index in [4.69, 9.17) is 0 Å². The molecule has 0 aliphatic heterocycles. The van der Waals surface area contributed by atoms with Crippen LogP contribution < -0.4 is 5.32 Å². The topological polar surface area (TPSA) is 59.8 Å². The number of anilines is 1. The lowest BCUT2D eigenvalue weighted by atomic mass is 10.1. The molecule has 0 radical (unpaired) electrons. The Kier molecular flexibility index (Phi) is 4.94. The largest absolute Gasteiger partial charge is 0.310 e. The Hall–Kier alpha value is -2.54. The van der Waals surface area contributed by atoms with Gasteiger partial charge in [0, 0.05) is 17.4 Å². The van der Waals surface area contributed by atoms with E-state index in [1.165, 1.54) is 23.5 Å². The number of imidazole rings is 1. The smallest absolute Gasteiger partial charge is 0.225 e. The van der Waals surface area contributed by atoms with Crippen LogP contribution in [0.3, 0.4) is 0 Å². The maximum Gasteiger partial charge on any atom is 0.225 e. The van der Waals surface area contributed by atoms with Gasteiger partial charge in [0.15, 0.2) is 5.13 Å². The molecule has 0 bridgehead atoms. The van der Waals surface area contributed by atoms with Crippen LogP contribution in [0.4, 0.5) is 10.2 Å². The molecule has 0 atom stereocenters. The lowest BCUT2D eigenvalue weighted by molar-refractivity contribution is -0.116. The minimum Gasteiger partial charge on any atom is -0.310 e. The molecule has 5 nitrogen and oxygen atoms in total. The van der Waals surface area contributed by atoms with Crippen molar-refractivity contribution in [3.8, 4) is 16.4 Å². The Morgan fingerprint density at radius 2 is 2.04 bits per heavy atom. The summed E-state index contributed by atoms with van der Waals surface area (Å²) in [6.45, 7) is 5.85. The van der Waals surface area contributed by atoms with Crippen molar-refractivity contribution < 1.29 is 9.18 Å². The first-order valence-electron chi connectivity index (χ1n) is 8.00. The summed E-state index contributed by atoms with van der Waals surface area (Å²) in [5, 5.41) is 5.50. The molecule has 130 valence electrons. The number of hydrogen-bond donors (Lipinski definition) is 1. The summed E-state index contributed by atoms with van der Waals surface area (Å²) in [5.74, 6) is 1.29. The predicted molar refractivity (Wildman–Crippen MR) is 97.5 cm³/mol. The van der Waals surface area contributed by atoms with Gasteiger partial charge in [-0.3, -0.25) is 9.36 Å². The number of carbonyl (C=O) groups is 1. The Morgan fingerprint density at radius 1 is 1.32 bits per heavy atom. The third kappa shape index (κ3) is 3.93. The molecule has 7 heteroatoms. The van der Waals surface area contributed by atoms with E-state index >= 15 is 0 Å². The quantitative estimate of drug-likeness (QED) is 0.734. The molecule has 0 spiro atoms. The average Bonchev–Trinajstić information content (AvgIpc) is 3.14. The monoisotopic (exact) mass is 358 g/mol. The van der Waals surface area contributed by atoms with E-state index in [1.807, 2.05) is 30.7 Å². The Morgan fingerprint density at radius 3 is 2.72 bits per heavy atom. The maximum absolute atomic E-state index is 13.1. The van der Waals surface area contributed by atoms with Gasteiger partial charge in [0.05, 0.1) is 11.9 Å². The van der Waals surface area contributed by atoms with Gasteiger partial charge in [-0.25, -0.2) is 14.4 Å². The summed E-state index contributed by atoms with van der Waals surface area (Å²) in [4.78, 5) is 21.0. The van der Waals surface area contributed by atoms with E-state index in [0.29, 0.717) is 17.4 Å². The van der Waals surface area contributed by atoms with Gasteiger partial charge in [-0.05, 0) is 37.1 Å². The highest BCUT2D eigenvalue weighted by atomic mass is 32.1. The zero-order valence-corrected chi connectivity index (χ0v) is 15.1. The molecule has 2 aromatic heterocycles. The fraction of sp³-hybridized carbons (Fsp3) is 0.278. The van der Waals surface area contributed by atoms with E-state index in [2.05, 4.69) is 15.3 Å².